The molecule has 0 amide bonds. The van der Waals surface area contributed by atoms with Crippen molar-refractivity contribution in [2.45, 2.75) is 20.8 Å². The Balaban J connectivity index is 3.60. The second kappa shape index (κ2) is 2.98. The summed E-state index contributed by atoms with van der Waals surface area (Å²) in [6.45, 7) is 5.68. The smallest absolute Gasteiger partial charge is 0.141 e. The van der Waals surface area contributed by atoms with Crippen LogP contribution in [0.3, 0.4) is 0 Å². The van der Waals surface area contributed by atoms with Gasteiger partial charge in [0.1, 0.15) is 5.75 Å². The van der Waals surface area contributed by atoms with E-state index in [9.17, 15) is 5.11 Å². The normalized spacial score (nSPS) is 10.3. The van der Waals surface area contributed by atoms with Crippen molar-refractivity contribution in [2.24, 2.45) is 0 Å². The van der Waals surface area contributed by atoms with Crippen LogP contribution in [0.25, 0.3) is 0 Å². The number of halogens is 1. The third-order valence-corrected chi connectivity index (χ3v) is 3.42. The first-order chi connectivity index (χ1) is 5.46. The molecule has 3 N–H and O–H groups in total. The van der Waals surface area contributed by atoms with Crippen molar-refractivity contribution in [1.29, 1.82) is 0 Å². The second-order valence-electron chi connectivity index (χ2n) is 2.95. The fourth-order valence-corrected chi connectivity index (χ4v) is 1.63. The van der Waals surface area contributed by atoms with Crippen LogP contribution >= 0.6 is 15.9 Å². The van der Waals surface area contributed by atoms with E-state index < -0.39 is 0 Å². The van der Waals surface area contributed by atoms with Crippen LogP contribution in [0.2, 0.25) is 0 Å². The number of nitrogens with two attached hydrogens (primary N) is 1. The molecule has 0 aliphatic carbocycles. The van der Waals surface area contributed by atoms with E-state index in [0.29, 0.717) is 5.69 Å². The second-order valence-corrected chi connectivity index (χ2v) is 3.74. The van der Waals surface area contributed by atoms with Crippen LogP contribution < -0.4 is 5.73 Å². The highest BCUT2D eigenvalue weighted by molar-refractivity contribution is 9.10. The Morgan fingerprint density at radius 2 is 1.58 bits per heavy atom. The molecular formula is C9H12BrNO. The molecule has 0 saturated carbocycles. The summed E-state index contributed by atoms with van der Waals surface area (Å²) in [6.07, 6.45) is 0. The largest absolute Gasteiger partial charge is 0.505 e. The maximum absolute atomic E-state index is 9.55. The maximum atomic E-state index is 9.55. The van der Waals surface area contributed by atoms with Gasteiger partial charge in [0.2, 0.25) is 0 Å². The first-order valence-corrected chi connectivity index (χ1v) is 4.49. The Bertz CT molecular complexity index is 229. The highest BCUT2D eigenvalue weighted by Crippen LogP contribution is 2.36. The van der Waals surface area contributed by atoms with Gasteiger partial charge in [-0.1, -0.05) is 15.9 Å². The van der Waals surface area contributed by atoms with E-state index in [1.165, 1.54) is 0 Å². The molecule has 1 rings (SSSR count). The molecule has 0 unspecified atom stereocenters. The molecule has 1 aromatic carbocycles. The molecule has 0 aliphatic rings. The van der Waals surface area contributed by atoms with Crippen molar-refractivity contribution < 1.29 is 5.11 Å². The van der Waals surface area contributed by atoms with E-state index in [1.54, 1.807) is 0 Å². The Hall–Kier alpha value is -0.700. The predicted molar refractivity (Wildman–Crippen MR) is 54.4 cm³/mol. The molecule has 1 aromatic rings. The molecule has 2 nitrogen and oxygen atoms in total. The van der Waals surface area contributed by atoms with Crippen LogP contribution in [-0.4, -0.2) is 5.11 Å². The van der Waals surface area contributed by atoms with Gasteiger partial charge >= 0.3 is 0 Å². The molecule has 0 spiro atoms. The van der Waals surface area contributed by atoms with Crippen molar-refractivity contribution >= 4 is 21.6 Å². The lowest BCUT2D eigenvalue weighted by atomic mass is 10.0. The summed E-state index contributed by atoms with van der Waals surface area (Å²) in [5.41, 5.74) is 8.91. The molecule has 3 heteroatoms. The number of phenols is 1. The Kier molecular flexibility index (Phi) is 2.33. The first-order valence-electron chi connectivity index (χ1n) is 3.70. The molecule has 0 fully saturated rings. The van der Waals surface area contributed by atoms with Gasteiger partial charge in [-0.2, -0.15) is 0 Å². The minimum atomic E-state index is 0.202. The lowest BCUT2D eigenvalue weighted by Crippen LogP contribution is -1.96. The van der Waals surface area contributed by atoms with Crippen LogP contribution in [-0.2, 0) is 0 Å². The minimum absolute atomic E-state index is 0.202. The minimum Gasteiger partial charge on any atom is -0.505 e. The third-order valence-electron chi connectivity index (χ3n) is 2.24. The van der Waals surface area contributed by atoms with Gasteiger partial charge in [0.15, 0.2) is 0 Å². The molecular weight excluding hydrogens is 218 g/mol. The SMILES string of the molecule is Cc1c(C)c(Br)c(C)c(N)c1O. The monoisotopic (exact) mass is 229 g/mol. The highest BCUT2D eigenvalue weighted by atomic mass is 79.9. The molecule has 0 radical (unpaired) electrons. The van der Waals surface area contributed by atoms with Crippen LogP contribution in [0.1, 0.15) is 16.7 Å². The van der Waals surface area contributed by atoms with Gasteiger partial charge in [-0.25, -0.2) is 0 Å². The predicted octanol–water partition coefficient (Wildman–Crippen LogP) is 2.66. The van der Waals surface area contributed by atoms with E-state index >= 15 is 0 Å². The first kappa shape index (κ1) is 9.39. The quantitative estimate of drug-likeness (QED) is 0.531. The summed E-state index contributed by atoms with van der Waals surface area (Å²) in [7, 11) is 0. The molecule has 0 atom stereocenters. The topological polar surface area (TPSA) is 46.2 Å². The van der Waals surface area contributed by atoms with Crippen molar-refractivity contribution in [3.63, 3.8) is 0 Å². The summed E-state index contributed by atoms with van der Waals surface area (Å²) in [6, 6.07) is 0. The van der Waals surface area contributed by atoms with E-state index in [1.807, 2.05) is 20.8 Å². The van der Waals surface area contributed by atoms with E-state index in [2.05, 4.69) is 15.9 Å². The summed E-state index contributed by atoms with van der Waals surface area (Å²) in [5, 5.41) is 9.55. The summed E-state index contributed by atoms with van der Waals surface area (Å²) in [4.78, 5) is 0. The Morgan fingerprint density at radius 3 is 2.08 bits per heavy atom. The van der Waals surface area contributed by atoms with Gasteiger partial charge in [0, 0.05) is 4.47 Å². The van der Waals surface area contributed by atoms with E-state index in [0.717, 1.165) is 21.2 Å². The summed E-state index contributed by atoms with van der Waals surface area (Å²) in [5.74, 6) is 0.202. The zero-order chi connectivity index (χ0) is 9.46. The molecule has 0 saturated heterocycles. The average Bonchev–Trinajstić information content (AvgIpc) is 2.08. The van der Waals surface area contributed by atoms with Crippen molar-refractivity contribution in [1.82, 2.24) is 0 Å². The van der Waals surface area contributed by atoms with Gasteiger partial charge in [-0.05, 0) is 37.5 Å². The van der Waals surface area contributed by atoms with E-state index in [-0.39, 0.29) is 5.75 Å². The fourth-order valence-electron chi connectivity index (χ4n) is 1.12. The zero-order valence-electron chi connectivity index (χ0n) is 7.40. The number of rotatable bonds is 0. The average molecular weight is 230 g/mol. The number of hydrogen-bond donors (Lipinski definition) is 2. The zero-order valence-corrected chi connectivity index (χ0v) is 8.99. The van der Waals surface area contributed by atoms with Gasteiger partial charge in [-0.3, -0.25) is 0 Å². The number of benzene rings is 1. The van der Waals surface area contributed by atoms with E-state index in [4.69, 9.17) is 5.73 Å². The number of anilines is 1. The molecule has 0 bridgehead atoms. The molecule has 0 heterocycles. The molecule has 12 heavy (non-hydrogen) atoms. The van der Waals surface area contributed by atoms with Gasteiger partial charge < -0.3 is 10.8 Å². The Labute approximate surface area is 80.5 Å². The van der Waals surface area contributed by atoms with Crippen LogP contribution in [0.15, 0.2) is 4.47 Å². The van der Waals surface area contributed by atoms with Crippen LogP contribution in [0, 0.1) is 20.8 Å². The summed E-state index contributed by atoms with van der Waals surface area (Å²) >= 11 is 3.42. The lowest BCUT2D eigenvalue weighted by Gasteiger charge is -2.12. The maximum Gasteiger partial charge on any atom is 0.141 e. The van der Waals surface area contributed by atoms with Crippen LogP contribution in [0.4, 0.5) is 5.69 Å². The Morgan fingerprint density at radius 1 is 1.08 bits per heavy atom. The number of aromatic hydroxyl groups is 1. The summed E-state index contributed by atoms with van der Waals surface area (Å²) < 4.78 is 0.982. The standard InChI is InChI=1S/C9H12BrNO/c1-4-5(2)9(12)8(11)6(3)7(4)10/h12H,11H2,1-3H3. The number of hydrogen-bond acceptors (Lipinski definition) is 2. The van der Waals surface area contributed by atoms with Gasteiger partial charge in [0.25, 0.3) is 0 Å². The van der Waals surface area contributed by atoms with Crippen molar-refractivity contribution in [2.75, 3.05) is 5.73 Å². The lowest BCUT2D eigenvalue weighted by molar-refractivity contribution is 0.472. The molecule has 66 valence electrons. The van der Waals surface area contributed by atoms with Crippen LogP contribution in [0.5, 0.6) is 5.75 Å². The van der Waals surface area contributed by atoms with Crippen molar-refractivity contribution in [3.05, 3.63) is 21.2 Å². The molecule has 0 aromatic heterocycles. The number of nitrogen functional groups attached to an aromatic ring is 1. The third kappa shape index (κ3) is 1.18. The van der Waals surface area contributed by atoms with Crippen molar-refractivity contribution in [3.8, 4) is 5.75 Å². The molecule has 0 aliphatic heterocycles. The fraction of sp³-hybridized carbons (Fsp3) is 0.333. The van der Waals surface area contributed by atoms with Gasteiger partial charge in [-0.15, -0.1) is 0 Å². The highest BCUT2D eigenvalue weighted by Gasteiger charge is 2.12. The van der Waals surface area contributed by atoms with Gasteiger partial charge in [0.05, 0.1) is 5.69 Å². The number of phenolic OH excluding ortho intramolecular Hbond substituents is 1.